The highest BCUT2D eigenvalue weighted by molar-refractivity contribution is 5.81. The van der Waals surface area contributed by atoms with Crippen LogP contribution in [0.1, 0.15) is 86.1 Å². The number of halogens is 6. The van der Waals surface area contributed by atoms with Gasteiger partial charge in [0.25, 0.3) is 0 Å². The molecule has 1 unspecified atom stereocenters. The van der Waals surface area contributed by atoms with Gasteiger partial charge in [0.2, 0.25) is 11.8 Å². The van der Waals surface area contributed by atoms with E-state index in [1.165, 1.54) is 6.92 Å². The van der Waals surface area contributed by atoms with E-state index in [9.17, 15) is 35.9 Å². The number of nitrogens with zero attached hydrogens (tertiary/aromatic N) is 1. The first-order chi connectivity index (χ1) is 20.3. The van der Waals surface area contributed by atoms with E-state index in [1.54, 1.807) is 0 Å². The zero-order chi connectivity index (χ0) is 30.9. The van der Waals surface area contributed by atoms with Gasteiger partial charge in [-0.2, -0.15) is 26.3 Å². The average molecular weight is 611 g/mol. The Kier molecular flexibility index (Phi) is 9.11. The fourth-order valence-corrected chi connectivity index (χ4v) is 6.28. The van der Waals surface area contributed by atoms with Gasteiger partial charge < -0.3 is 15.0 Å². The lowest BCUT2D eigenvalue weighted by Gasteiger charge is -2.42. The number of hydrogen-bond donors (Lipinski definition) is 1. The Bertz CT molecular complexity index is 1250. The number of ether oxygens (including phenoxy) is 1. The van der Waals surface area contributed by atoms with Crippen molar-refractivity contribution in [3.63, 3.8) is 0 Å². The van der Waals surface area contributed by atoms with Gasteiger partial charge in [0, 0.05) is 36.9 Å². The Balaban J connectivity index is 1.28. The molecule has 234 valence electrons. The predicted molar refractivity (Wildman–Crippen MR) is 147 cm³/mol. The number of alkyl halides is 6. The summed E-state index contributed by atoms with van der Waals surface area (Å²) >= 11 is 0. The van der Waals surface area contributed by atoms with Crippen molar-refractivity contribution in [1.29, 1.82) is 0 Å². The Morgan fingerprint density at radius 3 is 1.98 bits per heavy atom. The number of benzene rings is 2. The number of rotatable bonds is 7. The van der Waals surface area contributed by atoms with Gasteiger partial charge in [0.15, 0.2) is 0 Å². The summed E-state index contributed by atoms with van der Waals surface area (Å²) in [6.45, 7) is 2.15. The summed E-state index contributed by atoms with van der Waals surface area (Å²) in [5.41, 5.74) is -2.09. The van der Waals surface area contributed by atoms with Crippen LogP contribution in [0.3, 0.4) is 0 Å². The lowest BCUT2D eigenvalue weighted by molar-refractivity contribution is -0.143. The zero-order valence-electron chi connectivity index (χ0n) is 23.9. The van der Waals surface area contributed by atoms with Crippen LogP contribution in [0.5, 0.6) is 0 Å². The second kappa shape index (κ2) is 12.5. The quantitative estimate of drug-likeness (QED) is 0.336. The van der Waals surface area contributed by atoms with Gasteiger partial charge in [-0.05, 0) is 81.2 Å². The average Bonchev–Trinajstić information content (AvgIpc) is 3.83. The van der Waals surface area contributed by atoms with Crippen LogP contribution in [0, 0.1) is 11.8 Å². The molecule has 5 nitrogen and oxygen atoms in total. The minimum atomic E-state index is -4.95. The number of piperidine rings is 1. The number of amides is 2. The van der Waals surface area contributed by atoms with Crippen molar-refractivity contribution >= 4 is 11.8 Å². The molecule has 2 aliphatic carbocycles. The summed E-state index contributed by atoms with van der Waals surface area (Å²) in [7, 11) is 0. The number of likely N-dealkylation sites (tertiary alicyclic amines) is 1. The molecule has 3 fully saturated rings. The molecule has 43 heavy (non-hydrogen) atoms. The molecule has 0 aromatic heterocycles. The van der Waals surface area contributed by atoms with Crippen molar-refractivity contribution in [2.45, 2.75) is 88.4 Å². The van der Waals surface area contributed by atoms with Crippen molar-refractivity contribution < 1.29 is 40.7 Å². The molecule has 0 radical (unpaired) electrons. The van der Waals surface area contributed by atoms with Crippen molar-refractivity contribution in [3.05, 3.63) is 70.8 Å². The Hall–Kier alpha value is -3.08. The van der Waals surface area contributed by atoms with Crippen molar-refractivity contribution in [1.82, 2.24) is 10.2 Å². The minimum absolute atomic E-state index is 0.0343. The van der Waals surface area contributed by atoms with E-state index in [4.69, 9.17) is 4.74 Å². The van der Waals surface area contributed by atoms with Crippen LogP contribution in [0.15, 0.2) is 48.5 Å². The smallest absolute Gasteiger partial charge is 0.370 e. The van der Waals surface area contributed by atoms with E-state index >= 15 is 0 Å². The second-order valence-corrected chi connectivity index (χ2v) is 12.1. The molecule has 2 amide bonds. The summed E-state index contributed by atoms with van der Waals surface area (Å²) < 4.78 is 87.0. The zero-order valence-corrected chi connectivity index (χ0v) is 23.9. The summed E-state index contributed by atoms with van der Waals surface area (Å²) in [6, 6.07) is 10.9. The number of carbonyl (C=O) groups is 2. The second-order valence-electron chi connectivity index (χ2n) is 12.1. The third-order valence-corrected chi connectivity index (χ3v) is 8.92. The third-order valence-electron chi connectivity index (χ3n) is 8.92. The van der Waals surface area contributed by atoms with Crippen LogP contribution in [0.2, 0.25) is 0 Å². The van der Waals surface area contributed by atoms with Gasteiger partial charge >= 0.3 is 12.4 Å². The van der Waals surface area contributed by atoms with Gasteiger partial charge in [0.1, 0.15) is 0 Å². The predicted octanol–water partition coefficient (Wildman–Crippen LogP) is 7.27. The highest BCUT2D eigenvalue weighted by Crippen LogP contribution is 2.40. The third kappa shape index (κ3) is 7.72. The highest BCUT2D eigenvalue weighted by Gasteiger charge is 2.40. The molecule has 3 atom stereocenters. The fraction of sp³-hybridized carbons (Fsp3) is 0.562. The molecule has 1 heterocycles. The molecule has 5 rings (SSSR count). The molecule has 0 bridgehead atoms. The molecular weight excluding hydrogens is 574 g/mol. The number of nitrogens with one attached hydrogen (secondary N) is 1. The Morgan fingerprint density at radius 2 is 1.42 bits per heavy atom. The summed E-state index contributed by atoms with van der Waals surface area (Å²) in [6.07, 6.45) is -6.38. The molecular formula is C32H36F6N2O3. The minimum Gasteiger partial charge on any atom is -0.370 e. The molecule has 11 heteroatoms. The lowest BCUT2D eigenvalue weighted by Crippen LogP contribution is -2.49. The molecule has 0 spiro atoms. The summed E-state index contributed by atoms with van der Waals surface area (Å²) in [5, 5.41) is 3.10. The van der Waals surface area contributed by atoms with E-state index in [0.29, 0.717) is 44.5 Å². The van der Waals surface area contributed by atoms with Crippen LogP contribution in [0.25, 0.3) is 0 Å². The Morgan fingerprint density at radius 1 is 0.837 bits per heavy atom. The van der Waals surface area contributed by atoms with E-state index in [2.05, 4.69) is 5.32 Å². The van der Waals surface area contributed by atoms with Gasteiger partial charge in [-0.15, -0.1) is 0 Å². The summed E-state index contributed by atoms with van der Waals surface area (Å²) in [4.78, 5) is 27.5. The molecule has 2 aromatic carbocycles. The topological polar surface area (TPSA) is 58.6 Å². The lowest BCUT2D eigenvalue weighted by atomic mass is 9.83. The molecule has 1 N–H and O–H groups in total. The summed E-state index contributed by atoms with van der Waals surface area (Å²) in [5.74, 6) is -0.194. The largest absolute Gasteiger partial charge is 0.416 e. The Labute approximate surface area is 247 Å². The molecule has 3 aliphatic rings. The molecule has 1 aliphatic heterocycles. The standard InChI is InChI=1S/C32H36F6N2O3/c1-19(23-15-24(31(33,34)35)17-25(16-23)32(36,37)38)43-28-13-14-40(18-27(28)20-5-3-2-4-6-20)30(42)22-9-11-26(12-10-22)39-29(41)21-7-8-21/h2-6,15-17,19,21-22,26-28H,7-14,18H2,1H3,(H,39,41)/t19?,22?,26?,27-,28-/m0/s1. The first-order valence-corrected chi connectivity index (χ1v) is 14.9. The fourth-order valence-electron chi connectivity index (χ4n) is 6.28. The van der Waals surface area contributed by atoms with Gasteiger partial charge in [0.05, 0.1) is 23.3 Å². The van der Waals surface area contributed by atoms with Crippen molar-refractivity contribution in [2.75, 3.05) is 13.1 Å². The van der Waals surface area contributed by atoms with E-state index in [-0.39, 0.29) is 47.2 Å². The van der Waals surface area contributed by atoms with Crippen LogP contribution in [-0.4, -0.2) is 41.9 Å². The highest BCUT2D eigenvalue weighted by atomic mass is 19.4. The van der Waals surface area contributed by atoms with Gasteiger partial charge in [-0.3, -0.25) is 9.59 Å². The molecule has 2 aromatic rings. The van der Waals surface area contributed by atoms with Gasteiger partial charge in [-0.25, -0.2) is 0 Å². The van der Waals surface area contributed by atoms with Crippen LogP contribution in [0.4, 0.5) is 26.3 Å². The van der Waals surface area contributed by atoms with E-state index < -0.39 is 35.7 Å². The van der Waals surface area contributed by atoms with E-state index in [1.807, 2.05) is 35.2 Å². The van der Waals surface area contributed by atoms with E-state index in [0.717, 1.165) is 31.2 Å². The maximum absolute atomic E-state index is 13.6. The number of hydrogen-bond acceptors (Lipinski definition) is 3. The maximum Gasteiger partial charge on any atom is 0.416 e. The number of carbonyl (C=O) groups excluding carboxylic acids is 2. The normalized spacial score (nSPS) is 25.7. The first kappa shape index (κ1) is 31.3. The SMILES string of the molecule is CC(O[C@H]1CCN(C(=O)C2CCC(NC(=O)C3CC3)CC2)C[C@H]1c1ccccc1)c1cc(C(F)(F)F)cc(C(F)(F)F)c1. The van der Waals surface area contributed by atoms with Crippen LogP contribution < -0.4 is 5.32 Å². The van der Waals surface area contributed by atoms with Crippen LogP contribution >= 0.6 is 0 Å². The van der Waals surface area contributed by atoms with Crippen LogP contribution in [-0.2, 0) is 26.7 Å². The van der Waals surface area contributed by atoms with Crippen molar-refractivity contribution in [2.24, 2.45) is 11.8 Å². The molecule has 1 saturated heterocycles. The van der Waals surface area contributed by atoms with Crippen molar-refractivity contribution in [3.8, 4) is 0 Å². The molecule has 2 saturated carbocycles. The monoisotopic (exact) mass is 610 g/mol. The maximum atomic E-state index is 13.6. The first-order valence-electron chi connectivity index (χ1n) is 14.9. The van der Waals surface area contributed by atoms with Gasteiger partial charge in [-0.1, -0.05) is 30.3 Å².